The molecule has 3 aromatic rings. The van der Waals surface area contributed by atoms with Crippen molar-refractivity contribution in [2.45, 2.75) is 37.0 Å². The molecule has 0 saturated heterocycles. The molecule has 0 aliphatic heterocycles. The summed E-state index contributed by atoms with van der Waals surface area (Å²) in [4.78, 5) is 44.4. The van der Waals surface area contributed by atoms with Crippen molar-refractivity contribution in [2.75, 3.05) is 19.3 Å². The van der Waals surface area contributed by atoms with E-state index in [2.05, 4.69) is 20.5 Å². The molecular formula is C26H25FN4O5S2. The van der Waals surface area contributed by atoms with E-state index >= 15 is 4.39 Å². The van der Waals surface area contributed by atoms with E-state index in [1.54, 1.807) is 24.3 Å². The molecule has 9 nitrogen and oxygen atoms in total. The maximum absolute atomic E-state index is 15.0. The second-order valence-electron chi connectivity index (χ2n) is 9.11. The number of nitrogens with zero attached hydrogens (tertiary/aromatic N) is 2. The molecule has 1 aromatic heterocycles. The highest BCUT2D eigenvalue weighted by Crippen LogP contribution is 2.35. The van der Waals surface area contributed by atoms with Crippen LogP contribution in [0, 0.1) is 12.4 Å². The number of ketones is 1. The van der Waals surface area contributed by atoms with Gasteiger partial charge in [-0.3, -0.25) is 14.4 Å². The summed E-state index contributed by atoms with van der Waals surface area (Å²) in [6.45, 7) is 6.72. The van der Waals surface area contributed by atoms with Crippen LogP contribution in [0.25, 0.3) is 26.2 Å². The minimum Gasteiger partial charge on any atom is -0.352 e. The largest absolute Gasteiger partial charge is 0.352 e. The van der Waals surface area contributed by atoms with Crippen LogP contribution < -0.4 is 10.6 Å². The van der Waals surface area contributed by atoms with Crippen molar-refractivity contribution in [1.29, 1.82) is 0 Å². The van der Waals surface area contributed by atoms with Gasteiger partial charge < -0.3 is 15.5 Å². The number of Topliss-reactive ketones (excluding diaryl/α,β-unsaturated/α-hetero) is 1. The summed E-state index contributed by atoms with van der Waals surface area (Å²) in [5.41, 5.74) is 1.41. The SMILES string of the molecule is [C-]#[N+]CCCC(=O)c1ccc(-c2cc3sc(C(C(=O)NCC(=O)NC4CC4)S(C)(=O)=O)nc3cc2F)cc1. The third-order valence-corrected chi connectivity index (χ3v) is 8.47. The Bertz CT molecular complexity index is 1540. The lowest BCUT2D eigenvalue weighted by molar-refractivity contribution is -0.126. The fraction of sp³-hybridized carbons (Fsp3) is 0.346. The molecule has 2 aromatic carbocycles. The fourth-order valence-corrected chi connectivity index (χ4v) is 6.38. The van der Waals surface area contributed by atoms with Gasteiger partial charge in [-0.25, -0.2) is 24.4 Å². The molecule has 1 aliphatic rings. The Kier molecular flexibility index (Phi) is 8.18. The van der Waals surface area contributed by atoms with Crippen molar-refractivity contribution < 1.29 is 27.2 Å². The summed E-state index contributed by atoms with van der Waals surface area (Å²) >= 11 is 0.956. The molecule has 12 heteroatoms. The normalized spacial score (nSPS) is 14.0. The zero-order valence-corrected chi connectivity index (χ0v) is 22.1. The first kappa shape index (κ1) is 27.3. The maximum Gasteiger partial charge on any atom is 0.245 e. The number of sulfone groups is 1. The number of hydrogen-bond acceptors (Lipinski definition) is 7. The molecule has 198 valence electrons. The van der Waals surface area contributed by atoms with Crippen molar-refractivity contribution in [2.24, 2.45) is 0 Å². The van der Waals surface area contributed by atoms with Crippen LogP contribution in [0.4, 0.5) is 4.39 Å². The van der Waals surface area contributed by atoms with Gasteiger partial charge in [0.2, 0.25) is 18.4 Å². The summed E-state index contributed by atoms with van der Waals surface area (Å²) in [5.74, 6) is -1.98. The number of fused-ring (bicyclic) bond motifs is 1. The first-order valence-electron chi connectivity index (χ1n) is 11.9. The van der Waals surface area contributed by atoms with E-state index in [1.165, 1.54) is 12.1 Å². The van der Waals surface area contributed by atoms with Gasteiger partial charge in [0.1, 0.15) is 10.8 Å². The van der Waals surface area contributed by atoms with E-state index in [-0.39, 0.29) is 47.4 Å². The molecule has 1 heterocycles. The van der Waals surface area contributed by atoms with Crippen LogP contribution in [0.1, 0.15) is 46.3 Å². The van der Waals surface area contributed by atoms with Crippen LogP contribution in [0.5, 0.6) is 0 Å². The third kappa shape index (κ3) is 6.59. The zero-order valence-electron chi connectivity index (χ0n) is 20.5. The minimum atomic E-state index is -3.96. The molecule has 0 bridgehead atoms. The van der Waals surface area contributed by atoms with Gasteiger partial charge >= 0.3 is 0 Å². The van der Waals surface area contributed by atoms with Crippen molar-refractivity contribution in [1.82, 2.24) is 15.6 Å². The number of hydrogen-bond donors (Lipinski definition) is 2. The average molecular weight is 557 g/mol. The standard InChI is InChI=1S/C26H25FN4O5S2/c1-28-11-3-4-21(32)16-7-5-15(6-8-16)18-12-22-20(13-19(18)27)31-26(37-22)24(38(2,35)36)25(34)29-14-23(33)30-17-9-10-17/h5-8,12-13,17,24H,3-4,9-11,14H2,2H3,(H,29,34)(H,30,33). The molecule has 38 heavy (non-hydrogen) atoms. The van der Waals surface area contributed by atoms with Gasteiger partial charge in [-0.2, -0.15) is 0 Å². The van der Waals surface area contributed by atoms with Gasteiger partial charge in [-0.15, -0.1) is 11.3 Å². The smallest absolute Gasteiger partial charge is 0.245 e. The molecule has 1 atom stereocenters. The van der Waals surface area contributed by atoms with Crippen LogP contribution in [0.3, 0.4) is 0 Å². The summed E-state index contributed by atoms with van der Waals surface area (Å²) in [5, 5.41) is 3.40. The average Bonchev–Trinajstić information content (AvgIpc) is 3.59. The maximum atomic E-state index is 15.0. The van der Waals surface area contributed by atoms with Gasteiger partial charge in [0.05, 0.1) is 16.8 Å². The van der Waals surface area contributed by atoms with Crippen LogP contribution in [0.15, 0.2) is 36.4 Å². The van der Waals surface area contributed by atoms with E-state index in [0.29, 0.717) is 22.2 Å². The number of aromatic nitrogens is 1. The van der Waals surface area contributed by atoms with Crippen molar-refractivity contribution in [3.63, 3.8) is 0 Å². The molecule has 2 amide bonds. The third-order valence-electron chi connectivity index (χ3n) is 5.94. The number of nitrogens with one attached hydrogen (secondary N) is 2. The Hall–Kier alpha value is -3.69. The van der Waals surface area contributed by atoms with Gasteiger partial charge in [-0.1, -0.05) is 24.3 Å². The first-order chi connectivity index (χ1) is 18.1. The molecule has 1 unspecified atom stereocenters. The Morgan fingerprint density at radius 3 is 2.55 bits per heavy atom. The second kappa shape index (κ2) is 11.4. The number of thiazole rings is 1. The summed E-state index contributed by atoms with van der Waals surface area (Å²) in [7, 11) is -3.96. The van der Waals surface area contributed by atoms with Crippen molar-refractivity contribution in [3.05, 3.63) is 64.2 Å². The Labute approximate surface area is 223 Å². The van der Waals surface area contributed by atoms with E-state index in [4.69, 9.17) is 6.57 Å². The molecule has 0 radical (unpaired) electrons. The highest BCUT2D eigenvalue weighted by Gasteiger charge is 2.34. The molecule has 1 saturated carbocycles. The molecular weight excluding hydrogens is 531 g/mol. The number of carbonyl (C=O) groups excluding carboxylic acids is 3. The first-order valence-corrected chi connectivity index (χ1v) is 14.7. The quantitative estimate of drug-likeness (QED) is 0.212. The Balaban J connectivity index is 1.56. The summed E-state index contributed by atoms with van der Waals surface area (Å²) in [6, 6.07) is 9.24. The number of benzene rings is 2. The zero-order chi connectivity index (χ0) is 27.4. The van der Waals surface area contributed by atoms with Gasteiger partial charge in [-0.05, 0) is 24.5 Å². The molecule has 1 fully saturated rings. The number of halogens is 1. The lowest BCUT2D eigenvalue weighted by Gasteiger charge is -2.12. The topological polar surface area (TPSA) is 127 Å². The van der Waals surface area contributed by atoms with E-state index in [9.17, 15) is 22.8 Å². The number of carbonyl (C=O) groups is 3. The van der Waals surface area contributed by atoms with Crippen LogP contribution in [-0.2, 0) is 19.4 Å². The summed E-state index contributed by atoms with van der Waals surface area (Å²) in [6.07, 6.45) is 3.39. The van der Waals surface area contributed by atoms with E-state index in [1.807, 2.05) is 0 Å². The minimum absolute atomic E-state index is 0.0282. The van der Waals surface area contributed by atoms with Gasteiger partial charge in [0, 0.05) is 42.3 Å². The summed E-state index contributed by atoms with van der Waals surface area (Å²) < 4.78 is 40.5. The predicted octanol–water partition coefficient (Wildman–Crippen LogP) is 3.47. The molecule has 1 aliphatic carbocycles. The van der Waals surface area contributed by atoms with E-state index in [0.717, 1.165) is 30.4 Å². The molecule has 0 spiro atoms. The van der Waals surface area contributed by atoms with Crippen LogP contribution in [-0.4, -0.2) is 56.4 Å². The predicted molar refractivity (Wildman–Crippen MR) is 142 cm³/mol. The van der Waals surface area contributed by atoms with Gasteiger partial charge in [0.15, 0.2) is 20.9 Å². The lowest BCUT2D eigenvalue weighted by atomic mass is 10.0. The highest BCUT2D eigenvalue weighted by atomic mass is 32.2. The molecule has 4 rings (SSSR count). The number of rotatable bonds is 11. The Morgan fingerprint density at radius 1 is 1.21 bits per heavy atom. The molecule has 2 N–H and O–H groups in total. The highest BCUT2D eigenvalue weighted by molar-refractivity contribution is 7.91. The Morgan fingerprint density at radius 2 is 1.92 bits per heavy atom. The second-order valence-corrected chi connectivity index (χ2v) is 12.3. The van der Waals surface area contributed by atoms with Crippen LogP contribution >= 0.6 is 11.3 Å². The monoisotopic (exact) mass is 556 g/mol. The van der Waals surface area contributed by atoms with E-state index < -0.39 is 32.7 Å². The van der Waals surface area contributed by atoms with Crippen molar-refractivity contribution in [3.8, 4) is 11.1 Å². The lowest BCUT2D eigenvalue weighted by Crippen LogP contribution is -2.41. The van der Waals surface area contributed by atoms with Gasteiger partial charge in [0.25, 0.3) is 0 Å². The fourth-order valence-electron chi connectivity index (χ4n) is 3.85. The number of amides is 2. The van der Waals surface area contributed by atoms with Crippen molar-refractivity contribution >= 4 is 49.0 Å². The van der Waals surface area contributed by atoms with Crippen LogP contribution in [0.2, 0.25) is 0 Å².